The van der Waals surface area contributed by atoms with Gasteiger partial charge < -0.3 is 4.90 Å². The molecule has 0 saturated carbocycles. The first-order valence-corrected chi connectivity index (χ1v) is 10.4. The van der Waals surface area contributed by atoms with Crippen LogP contribution < -0.4 is 11.2 Å². The van der Waals surface area contributed by atoms with E-state index in [1.54, 1.807) is 16.2 Å². The van der Waals surface area contributed by atoms with Crippen molar-refractivity contribution in [1.29, 1.82) is 0 Å². The zero-order valence-electron chi connectivity index (χ0n) is 16.4. The standard InChI is InChI=1S/C22H20N4O3S/c1-25-19-18(20(27)24-22(25)29)12-16(13-23-19)21(28)26(14-17-8-5-11-30-17)10-9-15-6-3-2-4-7-15/h2-8,11-13H,9-10,14H2,1H3,(H,24,27,29). The Bertz CT molecular complexity index is 1290. The number of aromatic amines is 1. The first kappa shape index (κ1) is 19.8. The lowest BCUT2D eigenvalue weighted by Crippen LogP contribution is -2.33. The number of pyridine rings is 1. The SMILES string of the molecule is Cn1c(=O)[nH]c(=O)c2cc(C(=O)N(CCc3ccccc3)Cc3cccs3)cnc21. The molecule has 0 aliphatic rings. The van der Waals surface area contributed by atoms with Crippen molar-refractivity contribution in [3.63, 3.8) is 0 Å². The van der Waals surface area contributed by atoms with E-state index in [0.29, 0.717) is 25.1 Å². The van der Waals surface area contributed by atoms with Gasteiger partial charge in [0.05, 0.1) is 17.5 Å². The van der Waals surface area contributed by atoms with Crippen LogP contribution in [0.4, 0.5) is 0 Å². The summed E-state index contributed by atoms with van der Waals surface area (Å²) in [4.78, 5) is 46.6. The zero-order valence-corrected chi connectivity index (χ0v) is 17.2. The number of amides is 1. The van der Waals surface area contributed by atoms with Crippen molar-refractivity contribution in [1.82, 2.24) is 19.4 Å². The highest BCUT2D eigenvalue weighted by Crippen LogP contribution is 2.16. The van der Waals surface area contributed by atoms with Gasteiger partial charge in [0.15, 0.2) is 0 Å². The second kappa shape index (κ2) is 8.46. The van der Waals surface area contributed by atoms with Gasteiger partial charge >= 0.3 is 5.69 Å². The molecule has 0 aliphatic carbocycles. The number of hydrogen-bond donors (Lipinski definition) is 1. The number of thiophene rings is 1. The number of nitrogens with one attached hydrogen (secondary N) is 1. The Labute approximate surface area is 176 Å². The van der Waals surface area contributed by atoms with Gasteiger partial charge in [0.25, 0.3) is 11.5 Å². The Morgan fingerprint density at radius 1 is 1.17 bits per heavy atom. The van der Waals surface area contributed by atoms with Crippen molar-refractivity contribution >= 4 is 28.3 Å². The van der Waals surface area contributed by atoms with Crippen LogP contribution in [-0.4, -0.2) is 31.9 Å². The third kappa shape index (κ3) is 4.08. The number of nitrogens with zero attached hydrogens (tertiary/aromatic N) is 3. The highest BCUT2D eigenvalue weighted by Gasteiger charge is 2.19. The van der Waals surface area contributed by atoms with Gasteiger partial charge in [-0.25, -0.2) is 9.78 Å². The Balaban J connectivity index is 1.66. The van der Waals surface area contributed by atoms with Gasteiger partial charge in [-0.3, -0.25) is 19.1 Å². The summed E-state index contributed by atoms with van der Waals surface area (Å²) in [7, 11) is 1.53. The fourth-order valence-electron chi connectivity index (χ4n) is 3.29. The van der Waals surface area contributed by atoms with Crippen LogP contribution in [-0.2, 0) is 20.0 Å². The predicted molar refractivity (Wildman–Crippen MR) is 117 cm³/mol. The number of fused-ring (bicyclic) bond motifs is 1. The van der Waals surface area contributed by atoms with Crippen molar-refractivity contribution in [2.45, 2.75) is 13.0 Å². The molecular formula is C22H20N4O3S. The molecule has 4 rings (SSSR count). The highest BCUT2D eigenvalue weighted by atomic mass is 32.1. The molecular weight excluding hydrogens is 400 g/mol. The van der Waals surface area contributed by atoms with Crippen molar-refractivity contribution in [2.24, 2.45) is 7.05 Å². The fourth-order valence-corrected chi connectivity index (χ4v) is 4.01. The lowest BCUT2D eigenvalue weighted by Gasteiger charge is -2.22. The van der Waals surface area contributed by atoms with E-state index in [2.05, 4.69) is 9.97 Å². The maximum absolute atomic E-state index is 13.3. The molecule has 3 heterocycles. The average molecular weight is 420 g/mol. The summed E-state index contributed by atoms with van der Waals surface area (Å²) in [5, 5.41) is 2.19. The molecule has 1 amide bonds. The molecule has 1 N–H and O–H groups in total. The number of carbonyl (C=O) groups is 1. The molecule has 7 nitrogen and oxygen atoms in total. The molecule has 0 spiro atoms. The van der Waals surface area contributed by atoms with Crippen LogP contribution in [0.15, 0.2) is 69.7 Å². The van der Waals surface area contributed by atoms with Gasteiger partial charge in [-0.2, -0.15) is 0 Å². The molecule has 0 unspecified atom stereocenters. The van der Waals surface area contributed by atoms with E-state index in [1.807, 2.05) is 47.8 Å². The molecule has 0 radical (unpaired) electrons. The highest BCUT2D eigenvalue weighted by molar-refractivity contribution is 7.09. The predicted octanol–water partition coefficient (Wildman–Crippen LogP) is 2.57. The van der Waals surface area contributed by atoms with Gasteiger partial charge in [-0.1, -0.05) is 36.4 Å². The van der Waals surface area contributed by atoms with E-state index >= 15 is 0 Å². The van der Waals surface area contributed by atoms with Crippen molar-refractivity contribution in [2.75, 3.05) is 6.54 Å². The maximum Gasteiger partial charge on any atom is 0.329 e. The normalized spacial score (nSPS) is 11.0. The van der Waals surface area contributed by atoms with Crippen LogP contribution in [0.25, 0.3) is 11.0 Å². The smallest absolute Gasteiger partial charge is 0.329 e. The summed E-state index contributed by atoms with van der Waals surface area (Å²) in [6.07, 6.45) is 2.14. The number of aryl methyl sites for hydroxylation is 1. The van der Waals surface area contributed by atoms with Gasteiger partial charge in [-0.05, 0) is 29.5 Å². The largest absolute Gasteiger partial charge is 0.333 e. The summed E-state index contributed by atoms with van der Waals surface area (Å²) in [5.74, 6) is -0.206. The van der Waals surface area contributed by atoms with Crippen LogP contribution in [0.2, 0.25) is 0 Å². The molecule has 8 heteroatoms. The minimum atomic E-state index is -0.552. The zero-order chi connectivity index (χ0) is 21.1. The number of rotatable bonds is 6. The Kier molecular flexibility index (Phi) is 5.58. The van der Waals surface area contributed by atoms with E-state index in [1.165, 1.54) is 23.9 Å². The number of aromatic nitrogens is 3. The molecule has 3 aromatic heterocycles. The lowest BCUT2D eigenvalue weighted by atomic mass is 10.1. The number of hydrogen-bond acceptors (Lipinski definition) is 5. The Hall–Kier alpha value is -3.52. The molecule has 0 bridgehead atoms. The Morgan fingerprint density at radius 2 is 1.97 bits per heavy atom. The van der Waals surface area contributed by atoms with Crippen molar-refractivity contribution < 1.29 is 4.79 Å². The fraction of sp³-hybridized carbons (Fsp3) is 0.182. The third-order valence-electron chi connectivity index (χ3n) is 4.93. The van der Waals surface area contributed by atoms with Crippen molar-refractivity contribution in [3.8, 4) is 0 Å². The monoisotopic (exact) mass is 420 g/mol. The number of benzene rings is 1. The second-order valence-electron chi connectivity index (χ2n) is 6.96. The molecule has 152 valence electrons. The first-order chi connectivity index (χ1) is 14.5. The summed E-state index contributed by atoms with van der Waals surface area (Å²) >= 11 is 1.59. The van der Waals surface area contributed by atoms with Crippen LogP contribution in [0, 0.1) is 0 Å². The quantitative estimate of drug-likeness (QED) is 0.519. The summed E-state index contributed by atoms with van der Waals surface area (Å²) in [6.45, 7) is 1.01. The van der Waals surface area contributed by atoms with E-state index in [0.717, 1.165) is 10.4 Å². The van der Waals surface area contributed by atoms with Crippen LogP contribution >= 0.6 is 11.3 Å². The minimum absolute atomic E-state index is 0.206. The topological polar surface area (TPSA) is 88.1 Å². The van der Waals surface area contributed by atoms with E-state index in [9.17, 15) is 14.4 Å². The molecule has 0 fully saturated rings. The van der Waals surface area contributed by atoms with Gasteiger partial charge in [-0.15, -0.1) is 11.3 Å². The average Bonchev–Trinajstić information content (AvgIpc) is 3.28. The third-order valence-corrected chi connectivity index (χ3v) is 5.79. The summed E-state index contributed by atoms with van der Waals surface area (Å²) in [6, 6.07) is 15.4. The molecule has 0 aliphatic heterocycles. The molecule has 0 saturated heterocycles. The minimum Gasteiger partial charge on any atom is -0.333 e. The molecule has 30 heavy (non-hydrogen) atoms. The van der Waals surface area contributed by atoms with E-state index in [-0.39, 0.29) is 16.9 Å². The van der Waals surface area contributed by atoms with Gasteiger partial charge in [0, 0.05) is 24.7 Å². The summed E-state index contributed by atoms with van der Waals surface area (Å²) in [5.41, 5.74) is 0.612. The Morgan fingerprint density at radius 3 is 2.70 bits per heavy atom. The van der Waals surface area contributed by atoms with Crippen LogP contribution in [0.3, 0.4) is 0 Å². The number of carbonyl (C=O) groups excluding carboxylic acids is 1. The second-order valence-corrected chi connectivity index (χ2v) is 7.99. The van der Waals surface area contributed by atoms with Gasteiger partial charge in [0.2, 0.25) is 0 Å². The lowest BCUT2D eigenvalue weighted by molar-refractivity contribution is 0.0746. The number of H-pyrrole nitrogens is 1. The molecule has 0 atom stereocenters. The van der Waals surface area contributed by atoms with Crippen molar-refractivity contribution in [3.05, 3.63) is 96.9 Å². The van der Waals surface area contributed by atoms with E-state index < -0.39 is 11.2 Å². The summed E-state index contributed by atoms with van der Waals surface area (Å²) < 4.78 is 1.25. The van der Waals surface area contributed by atoms with E-state index in [4.69, 9.17) is 0 Å². The van der Waals surface area contributed by atoms with Gasteiger partial charge in [0.1, 0.15) is 5.65 Å². The first-order valence-electron chi connectivity index (χ1n) is 9.47. The molecule has 4 aromatic rings. The molecule has 1 aromatic carbocycles. The van der Waals surface area contributed by atoms with Crippen LogP contribution in [0.5, 0.6) is 0 Å². The maximum atomic E-state index is 13.3. The van der Waals surface area contributed by atoms with Crippen LogP contribution in [0.1, 0.15) is 20.8 Å².